The molecule has 1 unspecified atom stereocenters. The number of benzene rings is 2. The molecule has 1 saturated heterocycles. The zero-order valence-electron chi connectivity index (χ0n) is 18.0. The maximum atomic E-state index is 12.8. The molecule has 32 heavy (non-hydrogen) atoms. The van der Waals surface area contributed by atoms with Crippen LogP contribution in [0.25, 0.3) is 17.5 Å². The highest BCUT2D eigenvalue weighted by Gasteiger charge is 2.25. The lowest BCUT2D eigenvalue weighted by Gasteiger charge is -2.31. The third-order valence-corrected chi connectivity index (χ3v) is 5.96. The molecule has 0 radical (unpaired) electrons. The number of hydrogen-bond acceptors (Lipinski definition) is 6. The molecule has 5 rings (SSSR count). The molecule has 0 spiro atoms. The topological polar surface area (TPSA) is 77.7 Å². The first kappa shape index (κ1) is 20.3. The summed E-state index contributed by atoms with van der Waals surface area (Å²) in [5, 5.41) is 4.16. The zero-order valence-corrected chi connectivity index (χ0v) is 18.0. The summed E-state index contributed by atoms with van der Waals surface area (Å²) in [7, 11) is 0. The zero-order chi connectivity index (χ0) is 21.9. The van der Waals surface area contributed by atoms with Gasteiger partial charge < -0.3 is 18.9 Å². The van der Waals surface area contributed by atoms with Crippen LogP contribution in [0.1, 0.15) is 29.9 Å². The van der Waals surface area contributed by atoms with Crippen molar-refractivity contribution in [2.24, 2.45) is 5.92 Å². The van der Waals surface area contributed by atoms with Gasteiger partial charge in [0, 0.05) is 31.1 Å². The van der Waals surface area contributed by atoms with Gasteiger partial charge in [-0.2, -0.15) is 4.98 Å². The molecule has 3 aromatic rings. The largest absolute Gasteiger partial charge is 0.454 e. The number of carbonyl (C=O) groups is 1. The number of nitrogens with zero attached hydrogens (tertiary/aromatic N) is 3. The van der Waals surface area contributed by atoms with Gasteiger partial charge in [0.05, 0.1) is 0 Å². The third kappa shape index (κ3) is 4.37. The molecule has 2 aliphatic heterocycles. The average Bonchev–Trinajstić information content (AvgIpc) is 3.47. The van der Waals surface area contributed by atoms with Crippen LogP contribution in [-0.2, 0) is 11.2 Å². The molecule has 2 aliphatic rings. The summed E-state index contributed by atoms with van der Waals surface area (Å²) in [5.41, 5.74) is 3.01. The Morgan fingerprint density at radius 2 is 2.06 bits per heavy atom. The maximum Gasteiger partial charge on any atom is 0.246 e. The Kier molecular flexibility index (Phi) is 5.62. The Labute approximate surface area is 186 Å². The van der Waals surface area contributed by atoms with Crippen molar-refractivity contribution in [3.63, 3.8) is 0 Å². The summed E-state index contributed by atoms with van der Waals surface area (Å²) in [6, 6.07) is 13.7. The monoisotopic (exact) mass is 431 g/mol. The molecule has 2 aromatic carbocycles. The highest BCUT2D eigenvalue weighted by Crippen LogP contribution is 2.33. The fourth-order valence-electron chi connectivity index (χ4n) is 4.24. The second-order valence-corrected chi connectivity index (χ2v) is 8.27. The van der Waals surface area contributed by atoms with Gasteiger partial charge >= 0.3 is 0 Å². The van der Waals surface area contributed by atoms with E-state index in [1.54, 1.807) is 6.08 Å². The van der Waals surface area contributed by atoms with Crippen LogP contribution in [0, 0.1) is 12.8 Å². The fourth-order valence-corrected chi connectivity index (χ4v) is 4.24. The molecular formula is C25H25N3O4. The molecule has 1 fully saturated rings. The van der Waals surface area contributed by atoms with Crippen LogP contribution >= 0.6 is 0 Å². The molecule has 1 atom stereocenters. The smallest absolute Gasteiger partial charge is 0.246 e. The van der Waals surface area contributed by atoms with Crippen molar-refractivity contribution in [1.82, 2.24) is 15.0 Å². The minimum absolute atomic E-state index is 0.0125. The van der Waals surface area contributed by atoms with Crippen molar-refractivity contribution in [2.75, 3.05) is 19.9 Å². The van der Waals surface area contributed by atoms with Gasteiger partial charge in [-0.25, -0.2) is 0 Å². The fraction of sp³-hybridized carbons (Fsp3) is 0.320. The first-order chi connectivity index (χ1) is 15.7. The van der Waals surface area contributed by atoms with Gasteiger partial charge in [-0.15, -0.1) is 0 Å². The minimum atomic E-state index is 0.0125. The number of aryl methyl sites for hydroxylation is 1. The van der Waals surface area contributed by atoms with Gasteiger partial charge in [-0.1, -0.05) is 35.5 Å². The molecule has 3 heterocycles. The van der Waals surface area contributed by atoms with Crippen molar-refractivity contribution < 1.29 is 18.8 Å². The van der Waals surface area contributed by atoms with E-state index in [0.717, 1.165) is 41.8 Å². The number of amides is 1. The number of likely N-dealkylation sites (tertiary alicyclic amines) is 1. The number of aromatic nitrogens is 2. The first-order valence-electron chi connectivity index (χ1n) is 10.9. The Morgan fingerprint density at radius 1 is 1.19 bits per heavy atom. The van der Waals surface area contributed by atoms with E-state index in [2.05, 4.69) is 10.1 Å². The van der Waals surface area contributed by atoms with E-state index in [1.165, 1.54) is 0 Å². The van der Waals surface area contributed by atoms with E-state index < -0.39 is 0 Å². The number of rotatable bonds is 5. The molecule has 0 N–H and O–H groups in total. The van der Waals surface area contributed by atoms with Gasteiger partial charge in [0.1, 0.15) is 0 Å². The Balaban J connectivity index is 1.20. The van der Waals surface area contributed by atoms with Crippen LogP contribution in [0.4, 0.5) is 0 Å². The summed E-state index contributed by atoms with van der Waals surface area (Å²) in [4.78, 5) is 19.3. The van der Waals surface area contributed by atoms with Crippen molar-refractivity contribution in [3.05, 3.63) is 65.6 Å². The van der Waals surface area contributed by atoms with E-state index in [1.807, 2.05) is 60.4 Å². The van der Waals surface area contributed by atoms with Crippen molar-refractivity contribution in [3.8, 4) is 22.9 Å². The highest BCUT2D eigenvalue weighted by molar-refractivity contribution is 5.92. The Morgan fingerprint density at radius 3 is 2.97 bits per heavy atom. The number of piperidine rings is 1. The predicted molar refractivity (Wildman–Crippen MR) is 119 cm³/mol. The number of fused-ring (bicyclic) bond motifs is 1. The van der Waals surface area contributed by atoms with Gasteiger partial charge in [0.2, 0.25) is 24.4 Å². The van der Waals surface area contributed by atoms with E-state index in [0.29, 0.717) is 36.3 Å². The van der Waals surface area contributed by atoms with Gasteiger partial charge in [0.25, 0.3) is 0 Å². The van der Waals surface area contributed by atoms with E-state index in [4.69, 9.17) is 14.0 Å². The molecule has 7 heteroatoms. The third-order valence-electron chi connectivity index (χ3n) is 5.96. The second-order valence-electron chi connectivity index (χ2n) is 8.27. The normalized spacial score (nSPS) is 17.8. The second kappa shape index (κ2) is 8.86. The van der Waals surface area contributed by atoms with Gasteiger partial charge in [0.15, 0.2) is 11.5 Å². The number of carbonyl (C=O) groups excluding carboxylic acids is 1. The first-order valence-corrected chi connectivity index (χ1v) is 10.9. The summed E-state index contributed by atoms with van der Waals surface area (Å²) < 4.78 is 16.2. The molecular weight excluding hydrogens is 406 g/mol. The highest BCUT2D eigenvalue weighted by atomic mass is 16.7. The van der Waals surface area contributed by atoms with E-state index in [-0.39, 0.29) is 12.7 Å². The Bertz CT molecular complexity index is 1150. The van der Waals surface area contributed by atoms with E-state index >= 15 is 0 Å². The molecule has 0 bridgehead atoms. The van der Waals surface area contributed by atoms with Crippen LogP contribution in [0.3, 0.4) is 0 Å². The molecule has 0 saturated carbocycles. The number of ether oxygens (including phenoxy) is 2. The standard InChI is InChI=1S/C25H25N3O4/c1-17-5-2-3-7-20(17)25-26-23(32-27-25)14-19-6-4-12-28(15-19)24(29)11-9-18-8-10-21-22(13-18)31-16-30-21/h2-3,5,7-11,13,19H,4,6,12,14-16H2,1H3/b11-9-. The summed E-state index contributed by atoms with van der Waals surface area (Å²) in [6.07, 6.45) is 6.13. The van der Waals surface area contributed by atoms with E-state index in [9.17, 15) is 4.79 Å². The summed E-state index contributed by atoms with van der Waals surface area (Å²) in [5.74, 6) is 3.00. The van der Waals surface area contributed by atoms with Crippen molar-refractivity contribution >= 4 is 12.0 Å². The minimum Gasteiger partial charge on any atom is -0.454 e. The molecule has 164 valence electrons. The SMILES string of the molecule is Cc1ccccc1-c1noc(CC2CCCN(C(=O)/C=C\c3ccc4c(c3)OCO4)C2)n1. The lowest BCUT2D eigenvalue weighted by molar-refractivity contribution is -0.127. The quantitative estimate of drug-likeness (QED) is 0.562. The summed E-state index contributed by atoms with van der Waals surface area (Å²) >= 11 is 0. The molecule has 1 amide bonds. The Hall–Kier alpha value is -3.61. The molecule has 0 aliphatic carbocycles. The van der Waals surface area contributed by atoms with Crippen molar-refractivity contribution in [2.45, 2.75) is 26.2 Å². The van der Waals surface area contributed by atoms with Crippen molar-refractivity contribution in [1.29, 1.82) is 0 Å². The predicted octanol–water partition coefficient (Wildman–Crippen LogP) is 4.27. The van der Waals surface area contributed by atoms with Crippen LogP contribution < -0.4 is 9.47 Å². The van der Waals surface area contributed by atoms with Gasteiger partial charge in [-0.05, 0) is 55.0 Å². The lowest BCUT2D eigenvalue weighted by Crippen LogP contribution is -2.39. The molecule has 1 aromatic heterocycles. The number of hydrogen-bond donors (Lipinski definition) is 0. The summed E-state index contributed by atoms with van der Waals surface area (Å²) in [6.45, 7) is 3.72. The average molecular weight is 431 g/mol. The van der Waals surface area contributed by atoms with Crippen LogP contribution in [0.15, 0.2) is 53.1 Å². The van der Waals surface area contributed by atoms with Gasteiger partial charge in [-0.3, -0.25) is 4.79 Å². The van der Waals surface area contributed by atoms with Crippen LogP contribution in [0.2, 0.25) is 0 Å². The lowest BCUT2D eigenvalue weighted by atomic mass is 9.94. The maximum absolute atomic E-state index is 12.8. The van der Waals surface area contributed by atoms with Crippen LogP contribution in [-0.4, -0.2) is 40.8 Å². The van der Waals surface area contributed by atoms with Crippen LogP contribution in [0.5, 0.6) is 11.5 Å². The molecule has 7 nitrogen and oxygen atoms in total.